The molecule has 4 heteroatoms. The molecule has 0 bridgehead atoms. The van der Waals surface area contributed by atoms with E-state index in [4.69, 9.17) is 11.6 Å². The van der Waals surface area contributed by atoms with Crippen LogP contribution in [0, 0.1) is 0 Å². The summed E-state index contributed by atoms with van der Waals surface area (Å²) < 4.78 is 4.95. The lowest BCUT2D eigenvalue weighted by Gasteiger charge is -1.84. The Morgan fingerprint density at radius 1 is 1.89 bits per heavy atom. The van der Waals surface area contributed by atoms with Crippen molar-refractivity contribution in [2.24, 2.45) is 0 Å². The third-order valence-electron chi connectivity index (χ3n) is 0.811. The predicted molar refractivity (Wildman–Crippen MR) is 38.7 cm³/mol. The van der Waals surface area contributed by atoms with Gasteiger partial charge in [-0.2, -0.15) is 0 Å². The van der Waals surface area contributed by atoms with Crippen LogP contribution in [0.25, 0.3) is 0 Å². The van der Waals surface area contributed by atoms with Crippen molar-refractivity contribution in [2.75, 3.05) is 0 Å². The van der Waals surface area contributed by atoms with Crippen molar-refractivity contribution in [1.29, 1.82) is 0 Å². The summed E-state index contributed by atoms with van der Waals surface area (Å²) in [5.41, 5.74) is 0.773. The van der Waals surface area contributed by atoms with Gasteiger partial charge in [-0.3, -0.25) is 0 Å². The standard InChI is InChI=1S/C5H4ClNOS/c6-5(9)3-4-1-2-8-7-4/h1-2H,3H2. The van der Waals surface area contributed by atoms with Gasteiger partial charge in [-0.1, -0.05) is 29.0 Å². The summed E-state index contributed by atoms with van der Waals surface area (Å²) in [4.78, 5) is 0. The number of nitrogens with zero attached hydrogens (tertiary/aromatic N) is 1. The van der Waals surface area contributed by atoms with Crippen LogP contribution in [0.15, 0.2) is 16.9 Å². The Morgan fingerprint density at radius 3 is 3.11 bits per heavy atom. The summed E-state index contributed by atoms with van der Waals surface area (Å²) in [5.74, 6) is 0. The van der Waals surface area contributed by atoms with Crippen LogP contribution in [0.2, 0.25) is 0 Å². The Labute approximate surface area is 62.8 Å². The van der Waals surface area contributed by atoms with Gasteiger partial charge in [0.15, 0.2) is 0 Å². The third kappa shape index (κ3) is 2.11. The fourth-order valence-corrected chi connectivity index (χ4v) is 0.756. The second-order valence-electron chi connectivity index (χ2n) is 1.52. The van der Waals surface area contributed by atoms with Crippen LogP contribution < -0.4 is 0 Å². The summed E-state index contributed by atoms with van der Waals surface area (Å²) in [6.45, 7) is 0. The van der Waals surface area contributed by atoms with Gasteiger partial charge in [0.05, 0.1) is 10.0 Å². The summed E-state index contributed by atoms with van der Waals surface area (Å²) in [6.07, 6.45) is 2.00. The quantitative estimate of drug-likeness (QED) is 0.489. The first-order valence-electron chi connectivity index (χ1n) is 2.36. The van der Waals surface area contributed by atoms with Crippen molar-refractivity contribution in [3.8, 4) is 0 Å². The van der Waals surface area contributed by atoms with E-state index in [1.807, 2.05) is 0 Å². The average molecular weight is 162 g/mol. The first-order valence-corrected chi connectivity index (χ1v) is 3.15. The third-order valence-corrected chi connectivity index (χ3v) is 1.09. The van der Waals surface area contributed by atoms with Crippen LogP contribution in [0.4, 0.5) is 0 Å². The number of rotatable bonds is 2. The molecule has 0 saturated carbocycles. The van der Waals surface area contributed by atoms with Gasteiger partial charge in [0.25, 0.3) is 0 Å². The van der Waals surface area contributed by atoms with E-state index in [1.165, 1.54) is 6.26 Å². The van der Waals surface area contributed by atoms with Gasteiger partial charge >= 0.3 is 0 Å². The minimum Gasteiger partial charge on any atom is -0.364 e. The van der Waals surface area contributed by atoms with Crippen molar-refractivity contribution in [2.45, 2.75) is 6.42 Å². The van der Waals surface area contributed by atoms with Crippen LogP contribution in [-0.2, 0) is 6.42 Å². The first-order chi connectivity index (χ1) is 4.29. The summed E-state index contributed by atoms with van der Waals surface area (Å²) >= 11 is 10.0. The van der Waals surface area contributed by atoms with E-state index >= 15 is 0 Å². The van der Waals surface area contributed by atoms with Crippen molar-refractivity contribution < 1.29 is 4.52 Å². The molecule has 1 aromatic heterocycles. The lowest BCUT2D eigenvalue weighted by atomic mass is 10.3. The molecule has 0 aliphatic carbocycles. The zero-order chi connectivity index (χ0) is 6.69. The zero-order valence-electron chi connectivity index (χ0n) is 4.50. The largest absolute Gasteiger partial charge is 0.364 e. The molecule has 1 rings (SSSR count). The van der Waals surface area contributed by atoms with Gasteiger partial charge in [0.1, 0.15) is 6.26 Å². The van der Waals surface area contributed by atoms with E-state index < -0.39 is 0 Å². The van der Waals surface area contributed by atoms with Crippen LogP contribution in [0.5, 0.6) is 0 Å². The second-order valence-corrected chi connectivity index (χ2v) is 2.70. The topological polar surface area (TPSA) is 26.0 Å². The van der Waals surface area contributed by atoms with Crippen molar-refractivity contribution in [3.63, 3.8) is 0 Å². The predicted octanol–water partition coefficient (Wildman–Crippen LogP) is 1.78. The molecule has 0 amide bonds. The fourth-order valence-electron chi connectivity index (χ4n) is 0.471. The highest BCUT2D eigenvalue weighted by atomic mass is 35.5. The molecule has 2 nitrogen and oxygen atoms in total. The SMILES string of the molecule is S=C(Cl)Cc1ccon1. The highest BCUT2D eigenvalue weighted by molar-refractivity contribution is 7.83. The minimum absolute atomic E-state index is 0.406. The molecule has 0 unspecified atom stereocenters. The molecule has 48 valence electrons. The number of hydrogen-bond donors (Lipinski definition) is 0. The van der Waals surface area contributed by atoms with Gasteiger partial charge in [-0.05, 0) is 0 Å². The molecule has 1 heterocycles. The molecule has 0 radical (unpaired) electrons. The summed E-state index contributed by atoms with van der Waals surface area (Å²) in [5, 5.41) is 3.61. The maximum Gasteiger partial charge on any atom is 0.124 e. The van der Waals surface area contributed by atoms with Crippen LogP contribution in [-0.4, -0.2) is 9.48 Å². The van der Waals surface area contributed by atoms with E-state index in [0.29, 0.717) is 10.7 Å². The van der Waals surface area contributed by atoms with E-state index in [1.54, 1.807) is 6.07 Å². The molecule has 0 N–H and O–H groups in total. The van der Waals surface area contributed by atoms with E-state index in [0.717, 1.165) is 5.69 Å². The fraction of sp³-hybridized carbons (Fsp3) is 0.200. The molecule has 9 heavy (non-hydrogen) atoms. The van der Waals surface area contributed by atoms with E-state index in [2.05, 4.69) is 21.9 Å². The smallest absolute Gasteiger partial charge is 0.124 e. The molecule has 1 aromatic rings. The Bertz CT molecular complexity index is 197. The van der Waals surface area contributed by atoms with Gasteiger partial charge in [0, 0.05) is 12.5 Å². The highest BCUT2D eigenvalue weighted by Crippen LogP contribution is 1.99. The molecule has 0 saturated heterocycles. The van der Waals surface area contributed by atoms with Crippen LogP contribution in [0.3, 0.4) is 0 Å². The molecule has 0 fully saturated rings. The van der Waals surface area contributed by atoms with Crippen molar-refractivity contribution in [1.82, 2.24) is 5.16 Å². The van der Waals surface area contributed by atoms with Gasteiger partial charge < -0.3 is 4.52 Å². The van der Waals surface area contributed by atoms with Gasteiger partial charge in [0.2, 0.25) is 0 Å². The lowest BCUT2D eigenvalue weighted by molar-refractivity contribution is 0.414. The summed E-state index contributed by atoms with van der Waals surface area (Å²) in [6, 6.07) is 1.73. The Kier molecular flexibility index (Phi) is 2.19. The molecular formula is C5H4ClNOS. The molecule has 0 aliphatic heterocycles. The normalized spacial score (nSPS) is 9.44. The molecule has 0 aromatic carbocycles. The maximum absolute atomic E-state index is 5.42. The Hall–Kier alpha value is -0.410. The molecular weight excluding hydrogens is 158 g/mol. The van der Waals surface area contributed by atoms with Gasteiger partial charge in [-0.15, -0.1) is 0 Å². The number of halogens is 1. The average Bonchev–Trinajstić information content (AvgIpc) is 2.15. The van der Waals surface area contributed by atoms with Crippen LogP contribution in [0.1, 0.15) is 5.69 Å². The minimum atomic E-state index is 0.406. The van der Waals surface area contributed by atoms with E-state index in [9.17, 15) is 0 Å². The second kappa shape index (κ2) is 2.94. The summed E-state index contributed by atoms with van der Waals surface area (Å²) in [7, 11) is 0. The number of aromatic nitrogens is 1. The Balaban J connectivity index is 2.58. The maximum atomic E-state index is 5.42. The monoisotopic (exact) mass is 161 g/mol. The number of hydrogen-bond acceptors (Lipinski definition) is 3. The zero-order valence-corrected chi connectivity index (χ0v) is 6.08. The van der Waals surface area contributed by atoms with Crippen molar-refractivity contribution in [3.05, 3.63) is 18.0 Å². The molecule has 0 atom stereocenters. The first kappa shape index (κ1) is 6.71. The Morgan fingerprint density at radius 2 is 2.67 bits per heavy atom. The van der Waals surface area contributed by atoms with Gasteiger partial charge in [-0.25, -0.2) is 0 Å². The molecule has 0 spiro atoms. The van der Waals surface area contributed by atoms with Crippen LogP contribution >= 0.6 is 23.8 Å². The number of thiocarbonyl (C=S) groups is 1. The van der Waals surface area contributed by atoms with Crippen molar-refractivity contribution >= 4 is 28.1 Å². The molecule has 0 aliphatic rings. The lowest BCUT2D eigenvalue weighted by Crippen LogP contribution is -1.89. The van der Waals surface area contributed by atoms with E-state index in [-0.39, 0.29) is 0 Å². The highest BCUT2D eigenvalue weighted by Gasteiger charge is 1.97.